The number of pyridine rings is 1. The Morgan fingerprint density at radius 2 is 1.62 bits per heavy atom. The zero-order valence-electron chi connectivity index (χ0n) is 13.7. The molecule has 0 bridgehead atoms. The molecule has 0 amide bonds. The van der Waals surface area contributed by atoms with E-state index in [1.54, 1.807) is 30.7 Å². The SMILES string of the molecule is C[S+]([O-])c1ccc(-c2cccnc2Nc2ccc(C(F)(F)F)cc2)cc1. The van der Waals surface area contributed by atoms with Gasteiger partial charge in [0, 0.05) is 17.4 Å². The molecule has 1 atom stereocenters. The maximum Gasteiger partial charge on any atom is 0.416 e. The molecule has 0 saturated heterocycles. The van der Waals surface area contributed by atoms with Crippen LogP contribution in [-0.4, -0.2) is 15.8 Å². The Morgan fingerprint density at radius 1 is 0.962 bits per heavy atom. The van der Waals surface area contributed by atoms with Crippen molar-refractivity contribution in [2.24, 2.45) is 0 Å². The molecule has 3 nitrogen and oxygen atoms in total. The van der Waals surface area contributed by atoms with E-state index in [1.165, 1.54) is 12.1 Å². The number of nitrogens with one attached hydrogen (secondary N) is 1. The van der Waals surface area contributed by atoms with Gasteiger partial charge in [0.1, 0.15) is 12.1 Å². The maximum absolute atomic E-state index is 12.7. The molecule has 0 aliphatic rings. The van der Waals surface area contributed by atoms with Crippen molar-refractivity contribution in [1.29, 1.82) is 0 Å². The zero-order valence-corrected chi connectivity index (χ0v) is 14.6. The third kappa shape index (κ3) is 4.17. The summed E-state index contributed by atoms with van der Waals surface area (Å²) in [6, 6.07) is 15.6. The van der Waals surface area contributed by atoms with Gasteiger partial charge in [0.05, 0.1) is 5.56 Å². The highest BCUT2D eigenvalue weighted by molar-refractivity contribution is 7.90. The first-order valence-corrected chi connectivity index (χ1v) is 9.23. The molecule has 3 rings (SSSR count). The summed E-state index contributed by atoms with van der Waals surface area (Å²) in [6.45, 7) is 0. The minimum atomic E-state index is -4.37. The van der Waals surface area contributed by atoms with Gasteiger partial charge in [0.2, 0.25) is 0 Å². The topological polar surface area (TPSA) is 48.0 Å². The third-order valence-electron chi connectivity index (χ3n) is 3.78. The van der Waals surface area contributed by atoms with Crippen LogP contribution in [0.2, 0.25) is 0 Å². The standard InChI is InChI=1S/C19H15F3N2OS/c1-26(25)16-10-4-13(5-11-16)17-3-2-12-23-18(17)24-15-8-6-14(7-9-15)19(20,21)22/h2-12H,1H3,(H,23,24). The van der Waals surface area contributed by atoms with E-state index in [0.717, 1.165) is 28.2 Å². The molecule has 1 N–H and O–H groups in total. The Labute approximate surface area is 152 Å². The number of halogens is 3. The number of anilines is 2. The van der Waals surface area contributed by atoms with Gasteiger partial charge in [-0.1, -0.05) is 0 Å². The van der Waals surface area contributed by atoms with Crippen molar-refractivity contribution in [3.8, 4) is 11.1 Å². The van der Waals surface area contributed by atoms with Gasteiger partial charge in [-0.3, -0.25) is 0 Å². The average Bonchev–Trinajstić information content (AvgIpc) is 2.62. The van der Waals surface area contributed by atoms with Gasteiger partial charge in [0.25, 0.3) is 0 Å². The van der Waals surface area contributed by atoms with E-state index in [2.05, 4.69) is 10.3 Å². The maximum atomic E-state index is 12.7. The summed E-state index contributed by atoms with van der Waals surface area (Å²) < 4.78 is 49.5. The highest BCUT2D eigenvalue weighted by Gasteiger charge is 2.29. The Hall–Kier alpha value is -2.51. The largest absolute Gasteiger partial charge is 0.612 e. The smallest absolute Gasteiger partial charge is 0.416 e. The summed E-state index contributed by atoms with van der Waals surface area (Å²) in [4.78, 5) is 5.00. The summed E-state index contributed by atoms with van der Waals surface area (Å²) in [6.07, 6.45) is -1.15. The van der Waals surface area contributed by atoms with Crippen molar-refractivity contribution in [2.75, 3.05) is 11.6 Å². The highest BCUT2D eigenvalue weighted by atomic mass is 32.2. The first-order valence-electron chi connectivity index (χ1n) is 7.68. The van der Waals surface area contributed by atoms with Crippen molar-refractivity contribution < 1.29 is 17.7 Å². The molecule has 0 spiro atoms. The summed E-state index contributed by atoms with van der Waals surface area (Å²) >= 11 is -1.06. The first kappa shape index (κ1) is 18.3. The lowest BCUT2D eigenvalue weighted by molar-refractivity contribution is -0.137. The average molecular weight is 376 g/mol. The first-order chi connectivity index (χ1) is 12.3. The predicted molar refractivity (Wildman–Crippen MR) is 96.7 cm³/mol. The van der Waals surface area contributed by atoms with E-state index < -0.39 is 22.9 Å². The summed E-state index contributed by atoms with van der Waals surface area (Å²) in [7, 11) is 0. The van der Waals surface area contributed by atoms with Crippen LogP contribution in [0.4, 0.5) is 24.7 Å². The lowest BCUT2D eigenvalue weighted by atomic mass is 10.1. The van der Waals surface area contributed by atoms with Crippen LogP contribution >= 0.6 is 0 Å². The second-order valence-corrected chi connectivity index (χ2v) is 6.96. The van der Waals surface area contributed by atoms with Crippen LogP contribution in [0.25, 0.3) is 11.1 Å². The molecule has 26 heavy (non-hydrogen) atoms. The molecular weight excluding hydrogens is 361 g/mol. The number of nitrogens with zero attached hydrogens (tertiary/aromatic N) is 1. The van der Waals surface area contributed by atoms with Crippen molar-refractivity contribution >= 4 is 22.7 Å². The Balaban J connectivity index is 1.88. The normalized spacial score (nSPS) is 12.7. The summed E-state index contributed by atoms with van der Waals surface area (Å²) in [5, 5.41) is 3.05. The summed E-state index contributed by atoms with van der Waals surface area (Å²) in [5.41, 5.74) is 1.46. The molecular formula is C19H15F3N2OS. The molecule has 0 saturated carbocycles. The molecule has 7 heteroatoms. The Bertz CT molecular complexity index is 879. The van der Waals surface area contributed by atoms with Gasteiger partial charge < -0.3 is 9.87 Å². The van der Waals surface area contributed by atoms with Crippen molar-refractivity contribution in [3.05, 3.63) is 72.4 Å². The van der Waals surface area contributed by atoms with Crippen LogP contribution in [-0.2, 0) is 17.4 Å². The molecule has 0 aliphatic carbocycles. The fourth-order valence-electron chi connectivity index (χ4n) is 2.44. The molecule has 2 aromatic carbocycles. The molecule has 1 aromatic heterocycles. The molecule has 3 aromatic rings. The van der Waals surface area contributed by atoms with Crippen molar-refractivity contribution in [2.45, 2.75) is 11.1 Å². The zero-order chi connectivity index (χ0) is 18.7. The van der Waals surface area contributed by atoms with Crippen LogP contribution in [0.5, 0.6) is 0 Å². The monoisotopic (exact) mass is 376 g/mol. The van der Waals surface area contributed by atoms with E-state index in [-0.39, 0.29) is 0 Å². The molecule has 0 fully saturated rings. The van der Waals surface area contributed by atoms with Gasteiger partial charge in [-0.15, -0.1) is 0 Å². The molecule has 134 valence electrons. The van der Waals surface area contributed by atoms with Gasteiger partial charge in [-0.2, -0.15) is 13.2 Å². The fraction of sp³-hybridized carbons (Fsp3) is 0.105. The van der Waals surface area contributed by atoms with Crippen LogP contribution in [0, 0.1) is 0 Å². The van der Waals surface area contributed by atoms with Crippen LogP contribution in [0.15, 0.2) is 71.8 Å². The van der Waals surface area contributed by atoms with Crippen molar-refractivity contribution in [1.82, 2.24) is 4.98 Å². The number of aromatic nitrogens is 1. The Morgan fingerprint density at radius 3 is 2.19 bits per heavy atom. The van der Waals surface area contributed by atoms with E-state index in [1.807, 2.05) is 18.2 Å². The number of rotatable bonds is 4. The lowest BCUT2D eigenvalue weighted by Gasteiger charge is -2.13. The highest BCUT2D eigenvalue weighted by Crippen LogP contribution is 2.32. The molecule has 0 radical (unpaired) electrons. The van der Waals surface area contributed by atoms with E-state index >= 15 is 0 Å². The summed E-state index contributed by atoms with van der Waals surface area (Å²) in [5.74, 6) is 0.526. The van der Waals surface area contributed by atoms with Gasteiger partial charge in [-0.05, 0) is 77.4 Å². The van der Waals surface area contributed by atoms with E-state index in [0.29, 0.717) is 11.5 Å². The van der Waals surface area contributed by atoms with Gasteiger partial charge >= 0.3 is 6.18 Å². The second kappa shape index (κ2) is 7.39. The number of alkyl halides is 3. The lowest BCUT2D eigenvalue weighted by Crippen LogP contribution is -2.04. The predicted octanol–water partition coefficient (Wildman–Crippen LogP) is 5.25. The van der Waals surface area contributed by atoms with Crippen molar-refractivity contribution in [3.63, 3.8) is 0 Å². The number of benzene rings is 2. The van der Waals surface area contributed by atoms with Crippen LogP contribution in [0.3, 0.4) is 0 Å². The number of hydrogen-bond donors (Lipinski definition) is 1. The number of hydrogen-bond acceptors (Lipinski definition) is 3. The second-order valence-electron chi connectivity index (χ2n) is 5.58. The van der Waals surface area contributed by atoms with E-state index in [9.17, 15) is 17.7 Å². The minimum Gasteiger partial charge on any atom is -0.612 e. The molecule has 1 heterocycles. The molecule has 1 unspecified atom stereocenters. The van der Waals surface area contributed by atoms with Crippen LogP contribution in [0.1, 0.15) is 5.56 Å². The van der Waals surface area contributed by atoms with Gasteiger partial charge in [0.15, 0.2) is 4.90 Å². The Kier molecular flexibility index (Phi) is 5.20. The quantitative estimate of drug-likeness (QED) is 0.633. The fourth-order valence-corrected chi connectivity index (χ4v) is 2.96. The minimum absolute atomic E-state index is 0.504. The molecule has 0 aliphatic heterocycles. The van der Waals surface area contributed by atoms with Gasteiger partial charge in [-0.25, -0.2) is 4.98 Å². The van der Waals surface area contributed by atoms with E-state index in [4.69, 9.17) is 0 Å². The van der Waals surface area contributed by atoms with Crippen LogP contribution < -0.4 is 5.32 Å². The third-order valence-corrected chi connectivity index (χ3v) is 4.72.